The predicted molar refractivity (Wildman–Crippen MR) is 64.3 cm³/mol. The van der Waals surface area contributed by atoms with Crippen LogP contribution >= 0.6 is 12.4 Å². The van der Waals surface area contributed by atoms with Gasteiger partial charge in [0.15, 0.2) is 0 Å². The Morgan fingerprint density at radius 2 is 2.20 bits per heavy atom. The molecule has 0 bridgehead atoms. The molecule has 1 atom stereocenters. The fraction of sp³-hybridized carbons (Fsp3) is 0.900. The average molecular weight is 239 g/mol. The van der Waals surface area contributed by atoms with Gasteiger partial charge in [-0.15, -0.1) is 12.4 Å². The maximum Gasteiger partial charge on any atom is 0.222 e. The molecule has 15 heavy (non-hydrogen) atoms. The topological polar surface area (TPSA) is 64.3 Å². The van der Waals surface area contributed by atoms with E-state index in [0.717, 1.165) is 19.3 Å². The molecule has 1 unspecified atom stereocenters. The lowest BCUT2D eigenvalue weighted by Crippen LogP contribution is -2.40. The van der Waals surface area contributed by atoms with E-state index >= 15 is 0 Å². The third-order valence-corrected chi connectivity index (χ3v) is 2.09. The highest BCUT2D eigenvalue weighted by Crippen LogP contribution is 1.99. The van der Waals surface area contributed by atoms with E-state index in [1.807, 2.05) is 0 Å². The summed E-state index contributed by atoms with van der Waals surface area (Å²) in [5, 5.41) is 2.89. The van der Waals surface area contributed by atoms with Gasteiger partial charge in [-0.1, -0.05) is 19.8 Å². The molecule has 0 rings (SSSR count). The molecular weight excluding hydrogens is 216 g/mol. The first-order valence-corrected chi connectivity index (χ1v) is 5.23. The summed E-state index contributed by atoms with van der Waals surface area (Å²) in [5.74, 6) is 0.0263. The minimum atomic E-state index is 0. The monoisotopic (exact) mass is 238 g/mol. The van der Waals surface area contributed by atoms with Crippen LogP contribution in [0.3, 0.4) is 0 Å². The molecule has 5 heteroatoms. The van der Waals surface area contributed by atoms with Crippen molar-refractivity contribution in [2.45, 2.75) is 38.6 Å². The summed E-state index contributed by atoms with van der Waals surface area (Å²) in [4.78, 5) is 11.3. The first-order chi connectivity index (χ1) is 6.74. The lowest BCUT2D eigenvalue weighted by molar-refractivity contribution is -0.122. The molecule has 0 radical (unpaired) electrons. The summed E-state index contributed by atoms with van der Waals surface area (Å²) in [7, 11) is 1.59. The second kappa shape index (κ2) is 11.8. The fourth-order valence-electron chi connectivity index (χ4n) is 1.19. The molecule has 0 aliphatic rings. The predicted octanol–water partition coefficient (Wildman–Crippen LogP) is 1.08. The zero-order chi connectivity index (χ0) is 10.8. The van der Waals surface area contributed by atoms with E-state index in [-0.39, 0.29) is 24.4 Å². The van der Waals surface area contributed by atoms with Crippen molar-refractivity contribution in [1.82, 2.24) is 5.32 Å². The van der Waals surface area contributed by atoms with Gasteiger partial charge in [-0.05, 0) is 6.42 Å². The van der Waals surface area contributed by atoms with Gasteiger partial charge < -0.3 is 15.8 Å². The van der Waals surface area contributed by atoms with Gasteiger partial charge in [-0.25, -0.2) is 0 Å². The van der Waals surface area contributed by atoms with E-state index in [1.165, 1.54) is 0 Å². The van der Waals surface area contributed by atoms with Crippen LogP contribution in [0.15, 0.2) is 0 Å². The Morgan fingerprint density at radius 1 is 1.53 bits per heavy atom. The minimum Gasteiger partial charge on any atom is -0.384 e. The largest absolute Gasteiger partial charge is 0.384 e. The van der Waals surface area contributed by atoms with E-state index in [4.69, 9.17) is 10.5 Å². The fourth-order valence-corrected chi connectivity index (χ4v) is 1.19. The number of rotatable bonds is 8. The second-order valence-electron chi connectivity index (χ2n) is 3.39. The Kier molecular flexibility index (Phi) is 13.4. The highest BCUT2D eigenvalue weighted by Gasteiger charge is 2.09. The van der Waals surface area contributed by atoms with E-state index < -0.39 is 0 Å². The summed E-state index contributed by atoms with van der Waals surface area (Å²) in [6.07, 6.45) is 3.61. The van der Waals surface area contributed by atoms with Gasteiger partial charge in [-0.2, -0.15) is 0 Å². The Labute approximate surface area is 98.3 Å². The van der Waals surface area contributed by atoms with Crippen LogP contribution in [0.25, 0.3) is 0 Å². The number of carbonyl (C=O) groups is 1. The third kappa shape index (κ3) is 9.97. The molecule has 0 aromatic rings. The molecule has 0 saturated heterocycles. The number of amides is 1. The number of ether oxygens (including phenoxy) is 1. The zero-order valence-corrected chi connectivity index (χ0v) is 10.4. The normalized spacial score (nSPS) is 11.7. The number of hydrogen-bond donors (Lipinski definition) is 2. The number of hydrogen-bond acceptors (Lipinski definition) is 3. The number of methoxy groups -OCH3 is 1. The molecule has 0 saturated carbocycles. The van der Waals surface area contributed by atoms with Crippen LogP contribution in [0, 0.1) is 0 Å². The molecule has 0 spiro atoms. The molecule has 1 amide bonds. The first-order valence-electron chi connectivity index (χ1n) is 5.23. The maximum absolute atomic E-state index is 11.3. The van der Waals surface area contributed by atoms with Crippen molar-refractivity contribution in [3.05, 3.63) is 0 Å². The van der Waals surface area contributed by atoms with Crippen molar-refractivity contribution in [2.75, 3.05) is 20.3 Å². The van der Waals surface area contributed by atoms with E-state index in [1.54, 1.807) is 7.11 Å². The molecule has 3 N–H and O–H groups in total. The quantitative estimate of drug-likeness (QED) is 0.665. The second-order valence-corrected chi connectivity index (χ2v) is 3.39. The Morgan fingerprint density at radius 3 is 2.67 bits per heavy atom. The Balaban J connectivity index is 0. The van der Waals surface area contributed by atoms with Crippen LogP contribution in [0.4, 0.5) is 0 Å². The van der Waals surface area contributed by atoms with E-state index in [9.17, 15) is 4.79 Å². The lowest BCUT2D eigenvalue weighted by Gasteiger charge is -2.16. The lowest BCUT2D eigenvalue weighted by atomic mass is 10.1. The van der Waals surface area contributed by atoms with E-state index in [0.29, 0.717) is 19.6 Å². The van der Waals surface area contributed by atoms with E-state index in [2.05, 4.69) is 12.2 Å². The van der Waals surface area contributed by atoms with Crippen LogP contribution in [-0.4, -0.2) is 32.2 Å². The van der Waals surface area contributed by atoms with Crippen molar-refractivity contribution in [3.63, 3.8) is 0 Å². The third-order valence-electron chi connectivity index (χ3n) is 2.09. The molecule has 0 aliphatic heterocycles. The molecule has 92 valence electrons. The maximum atomic E-state index is 11.3. The highest BCUT2D eigenvalue weighted by atomic mass is 35.5. The van der Waals surface area contributed by atoms with Crippen LogP contribution in [0.5, 0.6) is 0 Å². The molecule has 0 aliphatic carbocycles. The van der Waals surface area contributed by atoms with Gasteiger partial charge in [0.25, 0.3) is 0 Å². The molecule has 0 aromatic carbocycles. The number of unbranched alkanes of at least 4 members (excludes halogenated alkanes) is 1. The SMILES string of the molecule is CCCCC(CN)NC(=O)CCOC.Cl. The van der Waals surface area contributed by atoms with Crippen LogP contribution in [0.2, 0.25) is 0 Å². The summed E-state index contributed by atoms with van der Waals surface area (Å²) in [6, 6.07) is 0.124. The number of carbonyl (C=O) groups excluding carboxylic acids is 1. The zero-order valence-electron chi connectivity index (χ0n) is 9.62. The summed E-state index contributed by atoms with van der Waals surface area (Å²) in [5.41, 5.74) is 5.54. The smallest absolute Gasteiger partial charge is 0.222 e. The molecule has 0 aromatic heterocycles. The van der Waals surface area contributed by atoms with Crippen molar-refractivity contribution in [1.29, 1.82) is 0 Å². The van der Waals surface area contributed by atoms with Crippen molar-refractivity contribution < 1.29 is 9.53 Å². The highest BCUT2D eigenvalue weighted by molar-refractivity contribution is 5.85. The van der Waals surface area contributed by atoms with Gasteiger partial charge >= 0.3 is 0 Å². The average Bonchev–Trinajstić information content (AvgIpc) is 2.21. The van der Waals surface area contributed by atoms with Gasteiger partial charge in [0, 0.05) is 26.1 Å². The summed E-state index contributed by atoms with van der Waals surface area (Å²) < 4.78 is 4.82. The number of nitrogens with one attached hydrogen (secondary N) is 1. The van der Waals surface area contributed by atoms with Crippen LogP contribution in [-0.2, 0) is 9.53 Å². The van der Waals surface area contributed by atoms with Crippen molar-refractivity contribution in [3.8, 4) is 0 Å². The Bertz CT molecular complexity index is 156. The molecule has 0 heterocycles. The molecule has 0 fully saturated rings. The summed E-state index contributed by atoms with van der Waals surface area (Å²) >= 11 is 0. The van der Waals surface area contributed by atoms with Crippen LogP contribution < -0.4 is 11.1 Å². The molecular formula is C10H23ClN2O2. The summed E-state index contributed by atoms with van der Waals surface area (Å²) in [6.45, 7) is 3.11. The van der Waals surface area contributed by atoms with Gasteiger partial charge in [0.2, 0.25) is 5.91 Å². The van der Waals surface area contributed by atoms with Crippen LogP contribution in [0.1, 0.15) is 32.6 Å². The van der Waals surface area contributed by atoms with Crippen molar-refractivity contribution >= 4 is 18.3 Å². The van der Waals surface area contributed by atoms with Gasteiger partial charge in [0.1, 0.15) is 0 Å². The van der Waals surface area contributed by atoms with Gasteiger partial charge in [-0.3, -0.25) is 4.79 Å². The minimum absolute atomic E-state index is 0. The van der Waals surface area contributed by atoms with Gasteiger partial charge in [0.05, 0.1) is 6.61 Å². The number of halogens is 1. The Hall–Kier alpha value is -0.320. The number of nitrogens with two attached hydrogens (primary N) is 1. The first kappa shape index (κ1) is 17.1. The molecule has 4 nitrogen and oxygen atoms in total. The van der Waals surface area contributed by atoms with Crippen molar-refractivity contribution in [2.24, 2.45) is 5.73 Å². The standard InChI is InChI=1S/C10H22N2O2.ClH/c1-3-4-5-9(8-11)12-10(13)6-7-14-2;/h9H,3-8,11H2,1-2H3,(H,12,13);1H.